The van der Waals surface area contributed by atoms with Crippen molar-refractivity contribution in [2.24, 2.45) is 5.41 Å². The first kappa shape index (κ1) is 13.6. The maximum absolute atomic E-state index is 5.64. The van der Waals surface area contributed by atoms with E-state index in [9.17, 15) is 0 Å². The summed E-state index contributed by atoms with van der Waals surface area (Å²) in [6.07, 6.45) is 1.45. The van der Waals surface area contributed by atoms with Crippen LogP contribution in [0.15, 0.2) is 24.3 Å². The van der Waals surface area contributed by atoms with Crippen LogP contribution >= 0.6 is 0 Å². The fraction of sp³-hybridized carbons (Fsp3) is 0.625. The zero-order chi connectivity index (χ0) is 13.2. The molecule has 1 fully saturated rings. The Morgan fingerprint density at radius 1 is 1.33 bits per heavy atom. The van der Waals surface area contributed by atoms with Gasteiger partial charge in [-0.1, -0.05) is 36.8 Å². The van der Waals surface area contributed by atoms with Crippen molar-refractivity contribution < 1.29 is 4.74 Å². The third-order valence-corrected chi connectivity index (χ3v) is 4.75. The summed E-state index contributed by atoms with van der Waals surface area (Å²) in [5, 5.41) is 3.53. The monoisotopic (exact) mass is 247 g/mol. The van der Waals surface area contributed by atoms with Gasteiger partial charge in [-0.2, -0.15) is 0 Å². The van der Waals surface area contributed by atoms with E-state index in [0.717, 1.165) is 13.1 Å². The molecule has 2 nitrogen and oxygen atoms in total. The molecule has 0 bridgehead atoms. The molecule has 1 heterocycles. The number of nitrogens with one attached hydrogen (secondary N) is 1. The quantitative estimate of drug-likeness (QED) is 0.886. The van der Waals surface area contributed by atoms with Crippen molar-refractivity contribution in [3.8, 4) is 0 Å². The van der Waals surface area contributed by atoms with Crippen molar-refractivity contribution >= 4 is 0 Å². The first-order valence-corrected chi connectivity index (χ1v) is 6.88. The zero-order valence-electron chi connectivity index (χ0n) is 12.0. The van der Waals surface area contributed by atoms with Gasteiger partial charge in [0.1, 0.15) is 0 Å². The first-order valence-electron chi connectivity index (χ1n) is 6.88. The number of methoxy groups -OCH3 is 1. The van der Waals surface area contributed by atoms with Gasteiger partial charge in [0.15, 0.2) is 0 Å². The van der Waals surface area contributed by atoms with Crippen LogP contribution < -0.4 is 5.32 Å². The van der Waals surface area contributed by atoms with Gasteiger partial charge in [-0.15, -0.1) is 0 Å². The van der Waals surface area contributed by atoms with E-state index in [1.54, 1.807) is 0 Å². The molecule has 0 amide bonds. The Morgan fingerprint density at radius 2 is 2.00 bits per heavy atom. The average molecular weight is 247 g/mol. The highest BCUT2D eigenvalue weighted by Crippen LogP contribution is 2.44. The minimum Gasteiger partial charge on any atom is -0.381 e. The first-order chi connectivity index (χ1) is 8.58. The fourth-order valence-corrected chi connectivity index (χ4v) is 3.06. The number of hydrogen-bond acceptors (Lipinski definition) is 2. The van der Waals surface area contributed by atoms with Crippen LogP contribution in [0.5, 0.6) is 0 Å². The number of hydrogen-bond donors (Lipinski definition) is 1. The molecule has 1 aromatic rings. The van der Waals surface area contributed by atoms with Crippen molar-refractivity contribution in [2.75, 3.05) is 20.2 Å². The highest BCUT2D eigenvalue weighted by atomic mass is 16.5. The largest absolute Gasteiger partial charge is 0.381 e. The lowest BCUT2D eigenvalue weighted by Crippen LogP contribution is -2.48. The average Bonchev–Trinajstić information content (AvgIpc) is 2.39. The molecule has 0 radical (unpaired) electrons. The highest BCUT2D eigenvalue weighted by Gasteiger charge is 2.41. The van der Waals surface area contributed by atoms with E-state index in [2.05, 4.69) is 50.4 Å². The molecule has 0 aliphatic carbocycles. The molecule has 0 spiro atoms. The lowest BCUT2D eigenvalue weighted by molar-refractivity contribution is -0.0207. The molecule has 2 heteroatoms. The minimum absolute atomic E-state index is 0.218. The van der Waals surface area contributed by atoms with Crippen LogP contribution in [-0.2, 0) is 4.74 Å². The normalized spacial score (nSPS) is 30.1. The second-order valence-electron chi connectivity index (χ2n) is 5.80. The standard InChI is InChI=1S/C16H25NO/c1-12-5-7-14(8-6-12)15-11-17-10-9-16(15,3)13(2)18-4/h5-8,13,15,17H,9-11H2,1-4H3. The van der Waals surface area contributed by atoms with E-state index in [1.807, 2.05) is 7.11 Å². The summed E-state index contributed by atoms with van der Waals surface area (Å²) in [6, 6.07) is 8.96. The van der Waals surface area contributed by atoms with E-state index in [-0.39, 0.29) is 11.5 Å². The van der Waals surface area contributed by atoms with Gasteiger partial charge in [-0.3, -0.25) is 0 Å². The summed E-state index contributed by atoms with van der Waals surface area (Å²) in [5.74, 6) is 0.529. The van der Waals surface area contributed by atoms with E-state index >= 15 is 0 Å². The highest BCUT2D eigenvalue weighted by molar-refractivity contribution is 5.27. The summed E-state index contributed by atoms with van der Waals surface area (Å²) in [4.78, 5) is 0. The zero-order valence-corrected chi connectivity index (χ0v) is 12.0. The summed E-state index contributed by atoms with van der Waals surface area (Å²) >= 11 is 0. The van der Waals surface area contributed by atoms with E-state index in [4.69, 9.17) is 4.74 Å². The lowest BCUT2D eigenvalue weighted by Gasteiger charge is -2.45. The summed E-state index contributed by atoms with van der Waals surface area (Å²) in [5.41, 5.74) is 2.97. The third-order valence-electron chi connectivity index (χ3n) is 4.75. The number of rotatable bonds is 3. The summed E-state index contributed by atoms with van der Waals surface area (Å²) in [7, 11) is 1.82. The lowest BCUT2D eigenvalue weighted by atomic mass is 9.66. The molecular weight excluding hydrogens is 222 g/mol. The van der Waals surface area contributed by atoms with E-state index in [1.165, 1.54) is 17.5 Å². The number of benzene rings is 1. The number of piperidine rings is 1. The smallest absolute Gasteiger partial charge is 0.0603 e. The van der Waals surface area contributed by atoms with Crippen LogP contribution in [0.4, 0.5) is 0 Å². The van der Waals surface area contributed by atoms with Gasteiger partial charge < -0.3 is 10.1 Å². The molecule has 3 unspecified atom stereocenters. The van der Waals surface area contributed by atoms with Gasteiger partial charge in [0.05, 0.1) is 6.10 Å². The predicted octanol–water partition coefficient (Wildman–Crippen LogP) is 3.11. The molecule has 1 aromatic carbocycles. The van der Waals surface area contributed by atoms with E-state index < -0.39 is 0 Å². The third kappa shape index (κ3) is 2.45. The molecule has 2 rings (SSSR count). The minimum atomic E-state index is 0.218. The van der Waals surface area contributed by atoms with Crippen LogP contribution in [0.25, 0.3) is 0 Å². The van der Waals surface area contributed by atoms with Crippen LogP contribution in [0.2, 0.25) is 0 Å². The molecule has 0 saturated carbocycles. The van der Waals surface area contributed by atoms with Gasteiger partial charge in [0.25, 0.3) is 0 Å². The van der Waals surface area contributed by atoms with Crippen LogP contribution in [0.1, 0.15) is 37.3 Å². The molecule has 1 aliphatic rings. The topological polar surface area (TPSA) is 21.3 Å². The van der Waals surface area contributed by atoms with Crippen LogP contribution in [0, 0.1) is 12.3 Å². The van der Waals surface area contributed by atoms with Crippen LogP contribution in [0.3, 0.4) is 0 Å². The van der Waals surface area contributed by atoms with Crippen molar-refractivity contribution in [1.82, 2.24) is 5.32 Å². The Balaban J connectivity index is 2.30. The molecule has 1 aliphatic heterocycles. The number of aryl methyl sites for hydroxylation is 1. The van der Waals surface area contributed by atoms with Gasteiger partial charge in [-0.25, -0.2) is 0 Å². The van der Waals surface area contributed by atoms with Crippen molar-refractivity contribution in [3.05, 3.63) is 35.4 Å². The molecule has 3 atom stereocenters. The maximum Gasteiger partial charge on any atom is 0.0603 e. The Morgan fingerprint density at radius 3 is 2.61 bits per heavy atom. The van der Waals surface area contributed by atoms with Crippen molar-refractivity contribution in [2.45, 2.75) is 39.2 Å². The van der Waals surface area contributed by atoms with Gasteiger partial charge in [0.2, 0.25) is 0 Å². The Bertz CT molecular complexity index is 387. The van der Waals surface area contributed by atoms with Crippen molar-refractivity contribution in [1.29, 1.82) is 0 Å². The van der Waals surface area contributed by atoms with Crippen molar-refractivity contribution in [3.63, 3.8) is 0 Å². The summed E-state index contributed by atoms with van der Waals surface area (Å²) in [6.45, 7) is 8.85. The van der Waals surface area contributed by atoms with Crippen LogP contribution in [-0.4, -0.2) is 26.3 Å². The molecule has 0 aromatic heterocycles. The second-order valence-corrected chi connectivity index (χ2v) is 5.80. The Labute approximate surface area is 111 Å². The Kier molecular flexibility index (Phi) is 4.08. The van der Waals surface area contributed by atoms with Gasteiger partial charge in [-0.05, 0) is 32.4 Å². The molecule has 1 saturated heterocycles. The molecule has 18 heavy (non-hydrogen) atoms. The maximum atomic E-state index is 5.64. The fourth-order valence-electron chi connectivity index (χ4n) is 3.06. The molecule has 100 valence electrons. The van der Waals surface area contributed by atoms with Gasteiger partial charge >= 0.3 is 0 Å². The summed E-state index contributed by atoms with van der Waals surface area (Å²) < 4.78 is 5.64. The second kappa shape index (κ2) is 5.41. The SMILES string of the molecule is COC(C)C1(C)CCNCC1c1ccc(C)cc1. The van der Waals surface area contributed by atoms with Gasteiger partial charge in [0, 0.05) is 25.0 Å². The predicted molar refractivity (Wildman–Crippen MR) is 76.0 cm³/mol. The molecular formula is C16H25NO. The van der Waals surface area contributed by atoms with E-state index in [0.29, 0.717) is 5.92 Å². The molecule has 1 N–H and O–H groups in total. The number of ether oxygens (including phenoxy) is 1. The Hall–Kier alpha value is -0.860.